The van der Waals surface area contributed by atoms with E-state index in [2.05, 4.69) is 15.4 Å². The molecule has 144 valence electrons. The molecule has 0 aromatic carbocycles. The Kier molecular flexibility index (Phi) is 4.90. The lowest BCUT2D eigenvalue weighted by atomic mass is 10.2. The SMILES string of the molecule is CCCC(=O)Nn1c(CCC)nc2c(oc3nc(C(F)(F)F)ccc32)c1=O. The molecular formula is C17H17F3N4O3. The molecule has 0 aliphatic rings. The van der Waals surface area contributed by atoms with Crippen molar-refractivity contribution in [2.75, 3.05) is 5.43 Å². The summed E-state index contributed by atoms with van der Waals surface area (Å²) in [6.45, 7) is 3.69. The Balaban J connectivity index is 2.23. The van der Waals surface area contributed by atoms with Gasteiger partial charge in [-0.3, -0.25) is 15.0 Å². The number of carbonyl (C=O) groups excluding carboxylic acids is 1. The molecule has 0 fully saturated rings. The number of hydrogen-bond donors (Lipinski definition) is 1. The summed E-state index contributed by atoms with van der Waals surface area (Å²) in [6.07, 6.45) is -2.80. The van der Waals surface area contributed by atoms with Crippen molar-refractivity contribution < 1.29 is 22.4 Å². The maximum absolute atomic E-state index is 12.9. The summed E-state index contributed by atoms with van der Waals surface area (Å²) in [5, 5.41) is 0.208. The third-order valence-electron chi connectivity index (χ3n) is 3.90. The minimum Gasteiger partial charge on any atom is -0.430 e. The second kappa shape index (κ2) is 7.01. The Morgan fingerprint density at radius 2 is 1.96 bits per heavy atom. The van der Waals surface area contributed by atoms with E-state index in [0.717, 1.165) is 10.7 Å². The topological polar surface area (TPSA) is 90.0 Å². The van der Waals surface area contributed by atoms with Crippen LogP contribution in [0.4, 0.5) is 13.2 Å². The lowest BCUT2D eigenvalue weighted by molar-refractivity contribution is -0.141. The van der Waals surface area contributed by atoms with Crippen LogP contribution in [0.25, 0.3) is 22.2 Å². The average molecular weight is 382 g/mol. The Morgan fingerprint density at radius 1 is 1.22 bits per heavy atom. The van der Waals surface area contributed by atoms with Gasteiger partial charge in [0, 0.05) is 12.8 Å². The number of halogens is 3. The third kappa shape index (κ3) is 3.51. The molecule has 0 radical (unpaired) electrons. The summed E-state index contributed by atoms with van der Waals surface area (Å²) >= 11 is 0. The lowest BCUT2D eigenvalue weighted by Crippen LogP contribution is -2.36. The highest BCUT2D eigenvalue weighted by atomic mass is 19.4. The number of aromatic nitrogens is 3. The van der Waals surface area contributed by atoms with Crippen molar-refractivity contribution in [1.82, 2.24) is 14.6 Å². The number of amides is 1. The Labute approximate surface area is 151 Å². The second-order valence-corrected chi connectivity index (χ2v) is 6.03. The summed E-state index contributed by atoms with van der Waals surface area (Å²) in [7, 11) is 0. The standard InChI is InChI=1S/C17H17F3N4O3/c1-3-5-11-22-13-9-7-8-10(17(18,19)20)21-15(9)27-14(13)16(26)24(11)23-12(25)6-4-2/h7-8H,3-6H2,1-2H3,(H,23,25). The molecule has 0 aliphatic heterocycles. The van der Waals surface area contributed by atoms with Crippen LogP contribution in [0.1, 0.15) is 44.6 Å². The first-order valence-electron chi connectivity index (χ1n) is 8.48. The molecule has 0 saturated carbocycles. The zero-order valence-electron chi connectivity index (χ0n) is 14.7. The summed E-state index contributed by atoms with van der Waals surface area (Å²) < 4.78 is 44.9. The van der Waals surface area contributed by atoms with E-state index in [1.54, 1.807) is 0 Å². The van der Waals surface area contributed by atoms with Gasteiger partial charge in [0.15, 0.2) is 0 Å². The highest BCUT2D eigenvalue weighted by Crippen LogP contribution is 2.31. The van der Waals surface area contributed by atoms with Gasteiger partial charge in [-0.1, -0.05) is 13.8 Å². The monoisotopic (exact) mass is 382 g/mol. The van der Waals surface area contributed by atoms with E-state index in [4.69, 9.17) is 4.42 Å². The third-order valence-corrected chi connectivity index (χ3v) is 3.90. The van der Waals surface area contributed by atoms with Gasteiger partial charge in [0.2, 0.25) is 17.2 Å². The first kappa shape index (κ1) is 18.9. The summed E-state index contributed by atoms with van der Waals surface area (Å²) in [6, 6.07) is 1.99. The molecule has 7 nitrogen and oxygen atoms in total. The molecule has 1 N–H and O–H groups in total. The Hall–Kier alpha value is -2.91. The van der Waals surface area contributed by atoms with Crippen molar-refractivity contribution in [2.45, 2.75) is 45.7 Å². The fourth-order valence-electron chi connectivity index (χ4n) is 2.69. The number of fused-ring (bicyclic) bond motifs is 3. The van der Waals surface area contributed by atoms with Crippen LogP contribution < -0.4 is 11.0 Å². The maximum atomic E-state index is 12.9. The molecule has 3 heterocycles. The molecule has 0 atom stereocenters. The van der Waals surface area contributed by atoms with Gasteiger partial charge in [-0.2, -0.15) is 17.8 Å². The number of nitrogens with one attached hydrogen (secondary N) is 1. The van der Waals surface area contributed by atoms with Gasteiger partial charge in [0.05, 0.1) is 5.39 Å². The molecule has 3 rings (SSSR count). The van der Waals surface area contributed by atoms with E-state index in [0.29, 0.717) is 25.1 Å². The highest BCUT2D eigenvalue weighted by molar-refractivity contribution is 6.00. The summed E-state index contributed by atoms with van der Waals surface area (Å²) in [4.78, 5) is 32.5. The zero-order chi connectivity index (χ0) is 19.8. The quantitative estimate of drug-likeness (QED) is 0.731. The number of rotatable bonds is 5. The predicted molar refractivity (Wildman–Crippen MR) is 91.8 cm³/mol. The minimum absolute atomic E-state index is 0.126. The highest BCUT2D eigenvalue weighted by Gasteiger charge is 2.33. The van der Waals surface area contributed by atoms with Crippen LogP contribution >= 0.6 is 0 Å². The van der Waals surface area contributed by atoms with Crippen molar-refractivity contribution in [3.8, 4) is 0 Å². The van der Waals surface area contributed by atoms with Crippen molar-refractivity contribution in [1.29, 1.82) is 0 Å². The molecular weight excluding hydrogens is 365 g/mol. The molecule has 0 spiro atoms. The first-order valence-corrected chi connectivity index (χ1v) is 8.48. The number of alkyl halides is 3. The van der Waals surface area contributed by atoms with Crippen LogP contribution in [0, 0.1) is 0 Å². The Morgan fingerprint density at radius 3 is 2.59 bits per heavy atom. The van der Waals surface area contributed by atoms with E-state index >= 15 is 0 Å². The maximum Gasteiger partial charge on any atom is 0.433 e. The van der Waals surface area contributed by atoms with Gasteiger partial charge >= 0.3 is 11.7 Å². The van der Waals surface area contributed by atoms with Crippen LogP contribution in [0.2, 0.25) is 0 Å². The zero-order valence-corrected chi connectivity index (χ0v) is 14.7. The van der Waals surface area contributed by atoms with Gasteiger partial charge < -0.3 is 4.42 Å². The van der Waals surface area contributed by atoms with Gasteiger partial charge in [0.25, 0.3) is 0 Å². The first-order chi connectivity index (χ1) is 12.8. The Bertz CT molecular complexity index is 1070. The number of aryl methyl sites for hydroxylation is 1. The number of pyridine rings is 1. The molecule has 0 unspecified atom stereocenters. The average Bonchev–Trinajstić information content (AvgIpc) is 2.96. The molecule has 3 aromatic rings. The van der Waals surface area contributed by atoms with Crippen LogP contribution in [0.3, 0.4) is 0 Å². The molecule has 1 amide bonds. The number of hydrogen-bond acceptors (Lipinski definition) is 5. The van der Waals surface area contributed by atoms with Crippen molar-refractivity contribution >= 4 is 28.1 Å². The van der Waals surface area contributed by atoms with E-state index in [-0.39, 0.29) is 34.5 Å². The number of nitrogens with zero attached hydrogens (tertiary/aromatic N) is 3. The molecule has 10 heteroatoms. The van der Waals surface area contributed by atoms with E-state index < -0.39 is 17.4 Å². The molecule has 0 saturated heterocycles. The van der Waals surface area contributed by atoms with E-state index in [1.165, 1.54) is 6.07 Å². The van der Waals surface area contributed by atoms with E-state index in [1.807, 2.05) is 13.8 Å². The smallest absolute Gasteiger partial charge is 0.430 e. The number of carbonyl (C=O) groups is 1. The van der Waals surface area contributed by atoms with Gasteiger partial charge in [-0.15, -0.1) is 0 Å². The molecule has 3 aromatic heterocycles. The van der Waals surface area contributed by atoms with Crippen LogP contribution in [0.15, 0.2) is 21.3 Å². The number of furan rings is 1. The lowest BCUT2D eigenvalue weighted by Gasteiger charge is -2.12. The van der Waals surface area contributed by atoms with Crippen LogP contribution in [0.5, 0.6) is 0 Å². The molecule has 0 aliphatic carbocycles. The fourth-order valence-corrected chi connectivity index (χ4v) is 2.69. The van der Waals surface area contributed by atoms with E-state index in [9.17, 15) is 22.8 Å². The second-order valence-electron chi connectivity index (χ2n) is 6.03. The fraction of sp³-hybridized carbons (Fsp3) is 0.412. The largest absolute Gasteiger partial charge is 0.433 e. The predicted octanol–water partition coefficient (Wildman–Crippen LogP) is 3.38. The minimum atomic E-state index is -4.64. The molecule has 0 bridgehead atoms. The van der Waals surface area contributed by atoms with Gasteiger partial charge in [-0.25, -0.2) is 9.97 Å². The summed E-state index contributed by atoms with van der Waals surface area (Å²) in [5.41, 5.74) is 0.199. The van der Waals surface area contributed by atoms with Crippen molar-refractivity contribution in [3.63, 3.8) is 0 Å². The summed E-state index contributed by atoms with van der Waals surface area (Å²) in [5.74, 6) is -0.0752. The van der Waals surface area contributed by atoms with Crippen LogP contribution in [-0.4, -0.2) is 20.6 Å². The van der Waals surface area contributed by atoms with Crippen molar-refractivity contribution in [2.24, 2.45) is 0 Å². The van der Waals surface area contributed by atoms with Crippen LogP contribution in [-0.2, 0) is 17.4 Å². The van der Waals surface area contributed by atoms with Crippen molar-refractivity contribution in [3.05, 3.63) is 34.0 Å². The van der Waals surface area contributed by atoms with Gasteiger partial charge in [-0.05, 0) is 25.0 Å². The normalized spacial score (nSPS) is 12.0. The van der Waals surface area contributed by atoms with Gasteiger partial charge in [0.1, 0.15) is 17.0 Å². The molecule has 27 heavy (non-hydrogen) atoms.